The van der Waals surface area contributed by atoms with Gasteiger partial charge in [-0.1, -0.05) is 42.8 Å². The van der Waals surface area contributed by atoms with Crippen LogP contribution >= 0.6 is 11.6 Å². The van der Waals surface area contributed by atoms with Crippen molar-refractivity contribution in [2.45, 2.75) is 25.9 Å². The van der Waals surface area contributed by atoms with E-state index in [1.54, 1.807) is 0 Å². The van der Waals surface area contributed by atoms with E-state index < -0.39 is 6.17 Å². The van der Waals surface area contributed by atoms with E-state index in [0.717, 1.165) is 48.5 Å². The lowest BCUT2D eigenvalue weighted by molar-refractivity contribution is 0.0943. The van der Waals surface area contributed by atoms with Gasteiger partial charge >= 0.3 is 0 Å². The minimum absolute atomic E-state index is 0.199. The van der Waals surface area contributed by atoms with E-state index in [1.165, 1.54) is 11.3 Å². The zero-order valence-corrected chi connectivity index (χ0v) is 19.2. The second-order valence-electron chi connectivity index (χ2n) is 8.29. The Morgan fingerprint density at radius 3 is 2.69 bits per heavy atom. The zero-order chi connectivity index (χ0) is 22.5. The highest BCUT2D eigenvalue weighted by Gasteiger charge is 2.22. The van der Waals surface area contributed by atoms with Crippen molar-refractivity contribution < 1.29 is 9.18 Å². The molecule has 7 heteroatoms. The maximum Gasteiger partial charge on any atom is 0.267 e. The van der Waals surface area contributed by atoms with Crippen LogP contribution in [0, 0.1) is 0 Å². The summed E-state index contributed by atoms with van der Waals surface area (Å²) in [4.78, 5) is 19.9. The van der Waals surface area contributed by atoms with Gasteiger partial charge in [0.2, 0.25) is 0 Å². The number of para-hydroxylation sites is 1. The molecule has 1 amide bonds. The summed E-state index contributed by atoms with van der Waals surface area (Å²) in [6.07, 6.45) is 0.230. The smallest absolute Gasteiger partial charge is 0.267 e. The summed E-state index contributed by atoms with van der Waals surface area (Å²) < 4.78 is 14.6. The number of alkyl halides is 1. The third-order valence-corrected chi connectivity index (χ3v) is 6.49. The van der Waals surface area contributed by atoms with Gasteiger partial charge in [0.25, 0.3) is 5.91 Å². The quantitative estimate of drug-likeness (QED) is 0.518. The Bertz CT molecular complexity index is 1030. The topological polar surface area (TPSA) is 51.4 Å². The molecule has 1 atom stereocenters. The Kier molecular flexibility index (Phi) is 7.33. The van der Waals surface area contributed by atoms with Crippen LogP contribution in [0.1, 0.15) is 29.4 Å². The number of carbonyl (C=O) groups excluding carboxylic acids is 1. The van der Waals surface area contributed by atoms with E-state index >= 15 is 0 Å². The maximum absolute atomic E-state index is 14.6. The summed E-state index contributed by atoms with van der Waals surface area (Å²) >= 11 is 6.36. The van der Waals surface area contributed by atoms with Crippen LogP contribution in [0.15, 0.2) is 48.5 Å². The van der Waals surface area contributed by atoms with Crippen LogP contribution in [0.25, 0.3) is 10.9 Å². The number of piperazine rings is 1. The van der Waals surface area contributed by atoms with Gasteiger partial charge in [0.15, 0.2) is 0 Å². The van der Waals surface area contributed by atoms with Crippen molar-refractivity contribution in [3.8, 4) is 0 Å². The summed E-state index contributed by atoms with van der Waals surface area (Å²) in [5.41, 5.74) is 3.79. The molecular formula is C25H30ClFN4O. The van der Waals surface area contributed by atoms with Crippen molar-refractivity contribution in [3.63, 3.8) is 0 Å². The number of nitrogens with zero attached hydrogens (tertiary/aromatic N) is 2. The lowest BCUT2D eigenvalue weighted by atomic mass is 10.1. The molecule has 0 unspecified atom stereocenters. The van der Waals surface area contributed by atoms with Gasteiger partial charge in [0.1, 0.15) is 11.9 Å². The Balaban J connectivity index is 1.20. The number of fused-ring (bicyclic) bond motifs is 1. The molecule has 0 aliphatic carbocycles. The number of rotatable bonds is 8. The normalized spacial score (nSPS) is 15.8. The fraction of sp³-hybridized carbons (Fsp3) is 0.400. The minimum Gasteiger partial charge on any atom is -0.369 e. The number of aromatic amines is 1. The van der Waals surface area contributed by atoms with Crippen LogP contribution in [0.5, 0.6) is 0 Å². The average Bonchev–Trinajstić information content (AvgIpc) is 3.24. The van der Waals surface area contributed by atoms with Gasteiger partial charge < -0.3 is 15.2 Å². The van der Waals surface area contributed by atoms with E-state index in [9.17, 15) is 9.18 Å². The molecule has 170 valence electrons. The number of anilines is 1. The first-order valence-corrected chi connectivity index (χ1v) is 11.7. The fourth-order valence-electron chi connectivity index (χ4n) is 4.37. The molecule has 32 heavy (non-hydrogen) atoms. The number of aromatic nitrogens is 1. The molecule has 2 heterocycles. The van der Waals surface area contributed by atoms with Gasteiger partial charge in [-0.25, -0.2) is 4.39 Å². The molecule has 1 saturated heterocycles. The van der Waals surface area contributed by atoms with Gasteiger partial charge in [0.05, 0.1) is 0 Å². The second kappa shape index (κ2) is 10.4. The van der Waals surface area contributed by atoms with Crippen LogP contribution in [0.3, 0.4) is 0 Å². The molecule has 0 spiro atoms. The SMILES string of the molecule is CCc1c(Cl)cccc1N1CCN(C[C@H](F)CCNC(=O)c2cc3ccccc3[nH]2)CC1. The summed E-state index contributed by atoms with van der Waals surface area (Å²) in [5.74, 6) is -0.199. The van der Waals surface area contributed by atoms with Crippen LogP contribution in [0.2, 0.25) is 5.02 Å². The molecule has 3 aromatic rings. The predicted molar refractivity (Wildman–Crippen MR) is 130 cm³/mol. The number of nitrogens with one attached hydrogen (secondary N) is 2. The van der Waals surface area contributed by atoms with Crippen molar-refractivity contribution in [2.75, 3.05) is 44.2 Å². The highest BCUT2D eigenvalue weighted by molar-refractivity contribution is 6.31. The molecule has 1 fully saturated rings. The molecule has 0 bridgehead atoms. The summed E-state index contributed by atoms with van der Waals surface area (Å²) in [6, 6.07) is 15.6. The average molecular weight is 457 g/mol. The molecule has 2 aromatic carbocycles. The summed E-state index contributed by atoms with van der Waals surface area (Å²) in [6.45, 7) is 6.18. The minimum atomic E-state index is -0.970. The Labute approximate surface area is 193 Å². The van der Waals surface area contributed by atoms with Crippen molar-refractivity contribution in [3.05, 3.63) is 64.8 Å². The number of hydrogen-bond acceptors (Lipinski definition) is 3. The van der Waals surface area contributed by atoms with Crippen LogP contribution in [0.4, 0.5) is 10.1 Å². The van der Waals surface area contributed by atoms with E-state index in [4.69, 9.17) is 11.6 Å². The standard InChI is InChI=1S/C25H30ClFN4O/c1-2-20-21(26)7-5-9-24(20)31-14-12-30(13-15-31)17-19(27)10-11-28-25(32)23-16-18-6-3-4-8-22(18)29-23/h3-9,16,19,29H,2,10-15,17H2,1H3,(H,28,32)/t19-/m1/s1. The van der Waals surface area contributed by atoms with Crippen molar-refractivity contribution in [1.29, 1.82) is 0 Å². The second-order valence-corrected chi connectivity index (χ2v) is 8.70. The largest absolute Gasteiger partial charge is 0.369 e. The highest BCUT2D eigenvalue weighted by Crippen LogP contribution is 2.28. The monoisotopic (exact) mass is 456 g/mol. The first kappa shape index (κ1) is 22.6. The van der Waals surface area contributed by atoms with Gasteiger partial charge in [0, 0.05) is 60.9 Å². The molecule has 1 aliphatic rings. The van der Waals surface area contributed by atoms with Crippen molar-refractivity contribution in [1.82, 2.24) is 15.2 Å². The van der Waals surface area contributed by atoms with E-state index in [1.807, 2.05) is 42.5 Å². The Morgan fingerprint density at radius 1 is 1.16 bits per heavy atom. The number of halogens is 2. The Hall–Kier alpha value is -2.57. The number of carbonyl (C=O) groups is 1. The number of H-pyrrole nitrogens is 1. The molecular weight excluding hydrogens is 427 g/mol. The molecule has 2 N–H and O–H groups in total. The molecule has 5 nitrogen and oxygen atoms in total. The highest BCUT2D eigenvalue weighted by atomic mass is 35.5. The molecule has 1 aromatic heterocycles. The summed E-state index contributed by atoms with van der Waals surface area (Å²) in [5, 5.41) is 4.63. The predicted octanol–water partition coefficient (Wildman–Crippen LogP) is 4.66. The van der Waals surface area contributed by atoms with E-state index in [-0.39, 0.29) is 5.91 Å². The van der Waals surface area contributed by atoms with Crippen molar-refractivity contribution >= 4 is 34.1 Å². The van der Waals surface area contributed by atoms with Gasteiger partial charge in [-0.3, -0.25) is 9.69 Å². The van der Waals surface area contributed by atoms with E-state index in [2.05, 4.69) is 33.1 Å². The first-order valence-electron chi connectivity index (χ1n) is 11.3. The van der Waals surface area contributed by atoms with Gasteiger partial charge in [-0.2, -0.15) is 0 Å². The van der Waals surface area contributed by atoms with Crippen LogP contribution in [-0.2, 0) is 6.42 Å². The zero-order valence-electron chi connectivity index (χ0n) is 18.4. The van der Waals surface area contributed by atoms with Crippen LogP contribution in [-0.4, -0.2) is 61.2 Å². The molecule has 0 radical (unpaired) electrons. The third kappa shape index (κ3) is 5.25. The van der Waals surface area contributed by atoms with Gasteiger partial charge in [-0.15, -0.1) is 0 Å². The van der Waals surface area contributed by atoms with Crippen molar-refractivity contribution in [2.24, 2.45) is 0 Å². The lowest BCUT2D eigenvalue weighted by Crippen LogP contribution is -2.48. The number of hydrogen-bond donors (Lipinski definition) is 2. The number of amides is 1. The molecule has 0 saturated carbocycles. The fourth-order valence-corrected chi connectivity index (χ4v) is 4.67. The van der Waals surface area contributed by atoms with Gasteiger partial charge in [-0.05, 0) is 42.7 Å². The third-order valence-electron chi connectivity index (χ3n) is 6.13. The lowest BCUT2D eigenvalue weighted by Gasteiger charge is -2.37. The molecule has 1 aliphatic heterocycles. The number of benzene rings is 2. The molecule has 4 rings (SSSR count). The summed E-state index contributed by atoms with van der Waals surface area (Å²) in [7, 11) is 0. The maximum atomic E-state index is 14.6. The van der Waals surface area contributed by atoms with E-state index in [0.29, 0.717) is 25.2 Å². The Morgan fingerprint density at radius 2 is 1.94 bits per heavy atom. The van der Waals surface area contributed by atoms with Crippen LogP contribution < -0.4 is 10.2 Å². The first-order chi connectivity index (χ1) is 15.5.